The van der Waals surface area contributed by atoms with Gasteiger partial charge >= 0.3 is 0 Å². The van der Waals surface area contributed by atoms with E-state index in [1.807, 2.05) is 4.90 Å². The number of piperazine rings is 1. The number of aryl methyl sites for hydroxylation is 2. The second kappa shape index (κ2) is 7.93. The Labute approximate surface area is 139 Å². The topological polar surface area (TPSA) is 32.8 Å². The van der Waals surface area contributed by atoms with Gasteiger partial charge in [-0.1, -0.05) is 29.8 Å². The summed E-state index contributed by atoms with van der Waals surface area (Å²) in [6.45, 7) is 7.73. The van der Waals surface area contributed by atoms with Crippen LogP contribution in [0.4, 0.5) is 0 Å². The third-order valence-corrected chi connectivity index (χ3v) is 4.96. The predicted molar refractivity (Wildman–Crippen MR) is 91.5 cm³/mol. The van der Waals surface area contributed by atoms with Gasteiger partial charge in [-0.2, -0.15) is 0 Å². The van der Waals surface area contributed by atoms with Crippen LogP contribution in [0.15, 0.2) is 24.3 Å². The van der Waals surface area contributed by atoms with E-state index in [9.17, 15) is 4.79 Å². The summed E-state index contributed by atoms with van der Waals surface area (Å²) < 4.78 is 5.70. The highest BCUT2D eigenvalue weighted by Crippen LogP contribution is 2.15. The van der Waals surface area contributed by atoms with Gasteiger partial charge in [0.25, 0.3) is 0 Å². The summed E-state index contributed by atoms with van der Waals surface area (Å²) in [5.41, 5.74) is 2.52. The largest absolute Gasteiger partial charge is 0.377 e. The average molecular weight is 316 g/mol. The van der Waals surface area contributed by atoms with E-state index in [1.165, 1.54) is 24.0 Å². The monoisotopic (exact) mass is 316 g/mol. The zero-order chi connectivity index (χ0) is 16.1. The van der Waals surface area contributed by atoms with Crippen LogP contribution in [0.5, 0.6) is 0 Å². The smallest absolute Gasteiger partial charge is 0.222 e. The highest BCUT2D eigenvalue weighted by Gasteiger charge is 2.24. The van der Waals surface area contributed by atoms with E-state index in [2.05, 4.69) is 36.1 Å². The molecule has 23 heavy (non-hydrogen) atoms. The van der Waals surface area contributed by atoms with E-state index in [0.29, 0.717) is 18.4 Å². The van der Waals surface area contributed by atoms with E-state index in [-0.39, 0.29) is 0 Å². The molecule has 2 saturated heterocycles. The van der Waals surface area contributed by atoms with Crippen molar-refractivity contribution in [1.29, 1.82) is 0 Å². The summed E-state index contributed by atoms with van der Waals surface area (Å²) in [5, 5.41) is 0. The quantitative estimate of drug-likeness (QED) is 0.835. The maximum Gasteiger partial charge on any atom is 0.222 e. The van der Waals surface area contributed by atoms with Crippen LogP contribution < -0.4 is 0 Å². The number of carbonyl (C=O) groups is 1. The lowest BCUT2D eigenvalue weighted by Gasteiger charge is -2.35. The first-order valence-corrected chi connectivity index (χ1v) is 8.88. The fourth-order valence-corrected chi connectivity index (χ4v) is 3.42. The molecule has 0 radical (unpaired) electrons. The normalized spacial score (nSPS) is 22.5. The molecule has 0 aliphatic carbocycles. The minimum atomic E-state index is 0.294. The van der Waals surface area contributed by atoms with Crippen molar-refractivity contribution in [1.82, 2.24) is 9.80 Å². The first-order chi connectivity index (χ1) is 11.2. The molecule has 2 aliphatic heterocycles. The van der Waals surface area contributed by atoms with Crippen molar-refractivity contribution in [2.24, 2.45) is 0 Å². The molecule has 1 unspecified atom stereocenters. The van der Waals surface area contributed by atoms with Crippen LogP contribution in [-0.4, -0.2) is 61.1 Å². The highest BCUT2D eigenvalue weighted by atomic mass is 16.5. The number of hydrogen-bond acceptors (Lipinski definition) is 3. The SMILES string of the molecule is Cc1ccc(CCC(=O)N2CCN(CC3CCCO3)CC2)cc1. The van der Waals surface area contributed by atoms with Gasteiger partial charge in [-0.3, -0.25) is 9.69 Å². The predicted octanol–water partition coefficient (Wildman–Crippen LogP) is 2.25. The lowest BCUT2D eigenvalue weighted by Crippen LogP contribution is -2.50. The lowest BCUT2D eigenvalue weighted by molar-refractivity contribution is -0.133. The summed E-state index contributed by atoms with van der Waals surface area (Å²) in [4.78, 5) is 16.8. The van der Waals surface area contributed by atoms with Crippen LogP contribution in [0, 0.1) is 6.92 Å². The molecule has 2 heterocycles. The molecule has 126 valence electrons. The Bertz CT molecular complexity index is 501. The van der Waals surface area contributed by atoms with Gasteiger partial charge in [-0.15, -0.1) is 0 Å². The van der Waals surface area contributed by atoms with Gasteiger partial charge < -0.3 is 9.64 Å². The Hall–Kier alpha value is -1.39. The number of rotatable bonds is 5. The van der Waals surface area contributed by atoms with Gasteiger partial charge in [0.2, 0.25) is 5.91 Å². The highest BCUT2D eigenvalue weighted by molar-refractivity contribution is 5.76. The maximum absolute atomic E-state index is 12.4. The van der Waals surface area contributed by atoms with Crippen LogP contribution in [0.1, 0.15) is 30.4 Å². The molecule has 1 aromatic carbocycles. The van der Waals surface area contributed by atoms with Gasteiger partial charge in [0.1, 0.15) is 0 Å². The molecule has 1 amide bonds. The summed E-state index contributed by atoms with van der Waals surface area (Å²) in [5.74, 6) is 0.294. The van der Waals surface area contributed by atoms with Gasteiger partial charge in [0.05, 0.1) is 6.10 Å². The third kappa shape index (κ3) is 4.79. The molecular formula is C19H28N2O2. The van der Waals surface area contributed by atoms with Crippen molar-refractivity contribution < 1.29 is 9.53 Å². The van der Waals surface area contributed by atoms with Crippen molar-refractivity contribution in [3.63, 3.8) is 0 Å². The van der Waals surface area contributed by atoms with Crippen LogP contribution in [-0.2, 0) is 16.0 Å². The number of nitrogens with zero attached hydrogens (tertiary/aromatic N) is 2. The van der Waals surface area contributed by atoms with E-state index >= 15 is 0 Å². The molecule has 4 nitrogen and oxygen atoms in total. The first kappa shape index (κ1) is 16.5. The van der Waals surface area contributed by atoms with E-state index in [1.54, 1.807) is 0 Å². The zero-order valence-electron chi connectivity index (χ0n) is 14.2. The molecule has 2 fully saturated rings. The lowest BCUT2D eigenvalue weighted by atomic mass is 10.1. The van der Waals surface area contributed by atoms with Gasteiger partial charge in [0, 0.05) is 45.8 Å². The Kier molecular flexibility index (Phi) is 5.68. The second-order valence-electron chi connectivity index (χ2n) is 6.80. The summed E-state index contributed by atoms with van der Waals surface area (Å²) in [6.07, 6.45) is 4.26. The van der Waals surface area contributed by atoms with Gasteiger partial charge in [-0.05, 0) is 31.7 Å². The van der Waals surface area contributed by atoms with Crippen LogP contribution in [0.25, 0.3) is 0 Å². The average Bonchev–Trinajstić information content (AvgIpc) is 3.08. The standard InChI is InChI=1S/C19H28N2O2/c1-16-4-6-17(7-5-16)8-9-19(22)21-12-10-20(11-13-21)15-18-3-2-14-23-18/h4-7,18H,2-3,8-15H2,1H3. The molecule has 0 N–H and O–H groups in total. The number of hydrogen-bond donors (Lipinski definition) is 0. The second-order valence-corrected chi connectivity index (χ2v) is 6.80. The van der Waals surface area contributed by atoms with Crippen molar-refractivity contribution >= 4 is 5.91 Å². The number of ether oxygens (including phenoxy) is 1. The molecule has 0 bridgehead atoms. The Morgan fingerprint density at radius 1 is 1.17 bits per heavy atom. The summed E-state index contributed by atoms with van der Waals surface area (Å²) >= 11 is 0. The molecular weight excluding hydrogens is 288 g/mol. The molecule has 2 aliphatic rings. The number of benzene rings is 1. The van der Waals surface area contributed by atoms with Crippen LogP contribution in [0.2, 0.25) is 0 Å². The maximum atomic E-state index is 12.4. The van der Waals surface area contributed by atoms with E-state index in [4.69, 9.17) is 4.74 Å². The fraction of sp³-hybridized carbons (Fsp3) is 0.632. The van der Waals surface area contributed by atoms with Gasteiger partial charge in [-0.25, -0.2) is 0 Å². The van der Waals surface area contributed by atoms with Crippen molar-refractivity contribution in [3.05, 3.63) is 35.4 Å². The van der Waals surface area contributed by atoms with Crippen molar-refractivity contribution in [3.8, 4) is 0 Å². The molecule has 0 aromatic heterocycles. The van der Waals surface area contributed by atoms with Crippen LogP contribution >= 0.6 is 0 Å². The Morgan fingerprint density at radius 2 is 1.91 bits per heavy atom. The summed E-state index contributed by atoms with van der Waals surface area (Å²) in [6, 6.07) is 8.48. The molecule has 0 spiro atoms. The molecule has 4 heteroatoms. The van der Waals surface area contributed by atoms with Gasteiger partial charge in [0.15, 0.2) is 0 Å². The molecule has 3 rings (SSSR count). The first-order valence-electron chi connectivity index (χ1n) is 8.88. The molecule has 0 saturated carbocycles. The summed E-state index contributed by atoms with van der Waals surface area (Å²) in [7, 11) is 0. The fourth-order valence-electron chi connectivity index (χ4n) is 3.42. The van der Waals surface area contributed by atoms with E-state index < -0.39 is 0 Å². The minimum Gasteiger partial charge on any atom is -0.377 e. The Morgan fingerprint density at radius 3 is 2.57 bits per heavy atom. The number of amides is 1. The third-order valence-electron chi connectivity index (χ3n) is 4.96. The van der Waals surface area contributed by atoms with Crippen LogP contribution in [0.3, 0.4) is 0 Å². The minimum absolute atomic E-state index is 0.294. The zero-order valence-corrected chi connectivity index (χ0v) is 14.2. The van der Waals surface area contributed by atoms with Crippen molar-refractivity contribution in [2.75, 3.05) is 39.3 Å². The molecule has 1 atom stereocenters. The number of carbonyl (C=O) groups excluding carboxylic acids is 1. The van der Waals surface area contributed by atoms with E-state index in [0.717, 1.165) is 45.8 Å². The van der Waals surface area contributed by atoms with Crippen molar-refractivity contribution in [2.45, 2.75) is 38.7 Å². The molecule has 1 aromatic rings. The Balaban J connectivity index is 1.38.